The molecule has 0 aromatic heterocycles. The molecule has 170 valence electrons. The molecule has 0 saturated carbocycles. The summed E-state index contributed by atoms with van der Waals surface area (Å²) in [6.45, 7) is 5.17. The molecule has 2 aliphatic rings. The number of aryl methyl sites for hydroxylation is 1. The van der Waals surface area contributed by atoms with Crippen LogP contribution in [0.4, 0.5) is 10.5 Å². The predicted molar refractivity (Wildman–Crippen MR) is 129 cm³/mol. The summed E-state index contributed by atoms with van der Waals surface area (Å²) in [5.74, 6) is 1.17. The Kier molecular flexibility index (Phi) is 7.46. The Labute approximate surface area is 191 Å². The van der Waals surface area contributed by atoms with Crippen LogP contribution in [0, 0.1) is 18.8 Å². The molecule has 0 bridgehead atoms. The van der Waals surface area contributed by atoms with Crippen LogP contribution in [0.15, 0.2) is 54.6 Å². The highest BCUT2D eigenvalue weighted by Crippen LogP contribution is 2.25. The number of likely N-dealkylation sites (tertiary alicyclic amines) is 2. The van der Waals surface area contributed by atoms with Gasteiger partial charge in [0.15, 0.2) is 0 Å². The summed E-state index contributed by atoms with van der Waals surface area (Å²) in [6.07, 6.45) is 5.80. The van der Waals surface area contributed by atoms with Gasteiger partial charge in [-0.25, -0.2) is 4.79 Å². The van der Waals surface area contributed by atoms with Gasteiger partial charge in [0.05, 0.1) is 0 Å². The molecule has 4 rings (SSSR count). The Hall–Kier alpha value is -2.82. The fourth-order valence-electron chi connectivity index (χ4n) is 4.97. The lowest BCUT2D eigenvalue weighted by molar-refractivity contribution is -0.134. The van der Waals surface area contributed by atoms with Crippen molar-refractivity contribution in [2.45, 2.75) is 45.4 Å². The maximum Gasteiger partial charge on any atom is 0.321 e. The van der Waals surface area contributed by atoms with Crippen LogP contribution in [0.1, 0.15) is 43.2 Å². The molecular weight excluding hydrogens is 398 g/mol. The fraction of sp³-hybridized carbons (Fsp3) is 0.481. The Bertz CT molecular complexity index is 889. The lowest BCUT2D eigenvalue weighted by atomic mass is 9.89. The van der Waals surface area contributed by atoms with Gasteiger partial charge in [0.2, 0.25) is 5.91 Å². The van der Waals surface area contributed by atoms with E-state index in [1.807, 2.05) is 41.0 Å². The van der Waals surface area contributed by atoms with Crippen molar-refractivity contribution in [3.63, 3.8) is 0 Å². The summed E-state index contributed by atoms with van der Waals surface area (Å²) >= 11 is 0. The first kappa shape index (κ1) is 22.4. The molecule has 3 amide bonds. The van der Waals surface area contributed by atoms with Crippen molar-refractivity contribution in [2.75, 3.05) is 31.5 Å². The lowest BCUT2D eigenvalue weighted by Crippen LogP contribution is -2.45. The minimum Gasteiger partial charge on any atom is -0.343 e. The van der Waals surface area contributed by atoms with Crippen LogP contribution >= 0.6 is 0 Å². The SMILES string of the molecule is Cc1ccc(NC(=O)N2CCCC(CC(=O)N3CCC(Cc4ccccc4)CC3)C2)cc1. The monoisotopic (exact) mass is 433 g/mol. The van der Waals surface area contributed by atoms with Crippen molar-refractivity contribution in [2.24, 2.45) is 11.8 Å². The normalized spacial score (nSPS) is 19.6. The first-order valence-corrected chi connectivity index (χ1v) is 12.0. The lowest BCUT2D eigenvalue weighted by Gasteiger charge is -2.36. The van der Waals surface area contributed by atoms with Crippen molar-refractivity contribution < 1.29 is 9.59 Å². The van der Waals surface area contributed by atoms with Crippen molar-refractivity contribution in [3.8, 4) is 0 Å². The Morgan fingerprint density at radius 3 is 2.31 bits per heavy atom. The summed E-state index contributed by atoms with van der Waals surface area (Å²) in [5.41, 5.74) is 3.38. The number of carbonyl (C=O) groups excluding carboxylic acids is 2. The van der Waals surface area contributed by atoms with Crippen LogP contribution in [-0.2, 0) is 11.2 Å². The fourth-order valence-corrected chi connectivity index (χ4v) is 4.97. The third kappa shape index (κ3) is 6.12. The highest BCUT2D eigenvalue weighted by molar-refractivity contribution is 5.89. The molecule has 1 N–H and O–H groups in total. The van der Waals surface area contributed by atoms with Crippen molar-refractivity contribution >= 4 is 17.6 Å². The molecule has 0 spiro atoms. The third-order valence-electron chi connectivity index (χ3n) is 6.91. The highest BCUT2D eigenvalue weighted by atomic mass is 16.2. The molecule has 2 heterocycles. The zero-order chi connectivity index (χ0) is 22.3. The highest BCUT2D eigenvalue weighted by Gasteiger charge is 2.29. The van der Waals surface area contributed by atoms with E-state index in [1.165, 1.54) is 11.1 Å². The van der Waals surface area contributed by atoms with E-state index in [-0.39, 0.29) is 17.9 Å². The van der Waals surface area contributed by atoms with E-state index in [0.29, 0.717) is 18.9 Å². The first-order valence-electron chi connectivity index (χ1n) is 12.0. The van der Waals surface area contributed by atoms with Gasteiger partial charge < -0.3 is 15.1 Å². The van der Waals surface area contributed by atoms with Gasteiger partial charge in [-0.05, 0) is 68.6 Å². The molecule has 0 aliphatic carbocycles. The van der Waals surface area contributed by atoms with E-state index in [9.17, 15) is 9.59 Å². The topological polar surface area (TPSA) is 52.7 Å². The van der Waals surface area contributed by atoms with E-state index < -0.39 is 0 Å². The summed E-state index contributed by atoms with van der Waals surface area (Å²) < 4.78 is 0. The van der Waals surface area contributed by atoms with E-state index in [1.54, 1.807) is 0 Å². The number of benzene rings is 2. The zero-order valence-corrected chi connectivity index (χ0v) is 19.1. The van der Waals surface area contributed by atoms with Crippen molar-refractivity contribution in [3.05, 3.63) is 65.7 Å². The average Bonchev–Trinajstić information content (AvgIpc) is 2.82. The second-order valence-corrected chi connectivity index (χ2v) is 9.47. The van der Waals surface area contributed by atoms with Gasteiger partial charge in [-0.2, -0.15) is 0 Å². The number of hydrogen-bond donors (Lipinski definition) is 1. The number of hydrogen-bond acceptors (Lipinski definition) is 2. The molecule has 5 nitrogen and oxygen atoms in total. The van der Waals surface area contributed by atoms with E-state index in [0.717, 1.165) is 57.4 Å². The van der Waals surface area contributed by atoms with E-state index >= 15 is 0 Å². The molecule has 2 saturated heterocycles. The standard InChI is InChI=1S/C27H35N3O2/c1-21-9-11-25(12-10-21)28-27(32)30-15-5-8-24(20-30)19-26(31)29-16-13-23(14-17-29)18-22-6-3-2-4-7-22/h2-4,6-7,9-12,23-24H,5,8,13-20H2,1H3,(H,28,32). The summed E-state index contributed by atoms with van der Waals surface area (Å²) in [5, 5.41) is 2.99. The average molecular weight is 434 g/mol. The van der Waals surface area contributed by atoms with Crippen LogP contribution in [0.2, 0.25) is 0 Å². The predicted octanol–water partition coefficient (Wildman–Crippen LogP) is 5.11. The number of anilines is 1. The first-order chi connectivity index (χ1) is 15.6. The molecule has 2 aliphatic heterocycles. The molecule has 32 heavy (non-hydrogen) atoms. The molecule has 2 aromatic carbocycles. The Morgan fingerprint density at radius 2 is 1.59 bits per heavy atom. The third-order valence-corrected chi connectivity index (χ3v) is 6.91. The number of carbonyl (C=O) groups is 2. The minimum absolute atomic E-state index is 0.0623. The number of nitrogens with one attached hydrogen (secondary N) is 1. The van der Waals surface area contributed by atoms with Gasteiger partial charge >= 0.3 is 6.03 Å². The number of rotatable bonds is 5. The second-order valence-electron chi connectivity index (χ2n) is 9.47. The molecular formula is C27H35N3O2. The van der Waals surface area contributed by atoms with Crippen molar-refractivity contribution in [1.29, 1.82) is 0 Å². The molecule has 2 fully saturated rings. The number of piperidine rings is 2. The van der Waals surface area contributed by atoms with Crippen LogP contribution in [0.25, 0.3) is 0 Å². The van der Waals surface area contributed by atoms with Gasteiger partial charge in [0, 0.05) is 38.3 Å². The van der Waals surface area contributed by atoms with Gasteiger partial charge in [0.1, 0.15) is 0 Å². The maximum absolute atomic E-state index is 12.9. The number of urea groups is 1. The molecule has 1 unspecified atom stereocenters. The molecule has 1 atom stereocenters. The summed E-state index contributed by atoms with van der Waals surface area (Å²) in [7, 11) is 0. The van der Waals surface area contributed by atoms with E-state index in [4.69, 9.17) is 0 Å². The van der Waals surface area contributed by atoms with Crippen LogP contribution < -0.4 is 5.32 Å². The quantitative estimate of drug-likeness (QED) is 0.712. The van der Waals surface area contributed by atoms with Gasteiger partial charge in [-0.1, -0.05) is 48.0 Å². The van der Waals surface area contributed by atoms with Gasteiger partial charge in [-0.15, -0.1) is 0 Å². The van der Waals surface area contributed by atoms with E-state index in [2.05, 4.69) is 35.6 Å². The molecule has 0 radical (unpaired) electrons. The summed E-state index contributed by atoms with van der Waals surface area (Å²) in [6, 6.07) is 18.4. The Balaban J connectivity index is 1.22. The largest absolute Gasteiger partial charge is 0.343 e. The zero-order valence-electron chi connectivity index (χ0n) is 19.1. The van der Waals surface area contributed by atoms with Gasteiger partial charge in [0.25, 0.3) is 0 Å². The minimum atomic E-state index is -0.0623. The van der Waals surface area contributed by atoms with Crippen LogP contribution in [0.3, 0.4) is 0 Å². The second kappa shape index (κ2) is 10.7. The number of amides is 3. The molecule has 5 heteroatoms. The number of nitrogens with zero attached hydrogens (tertiary/aromatic N) is 2. The smallest absolute Gasteiger partial charge is 0.321 e. The van der Waals surface area contributed by atoms with Gasteiger partial charge in [-0.3, -0.25) is 4.79 Å². The van der Waals surface area contributed by atoms with Crippen LogP contribution in [-0.4, -0.2) is 47.9 Å². The Morgan fingerprint density at radius 1 is 0.875 bits per heavy atom. The van der Waals surface area contributed by atoms with Crippen LogP contribution in [0.5, 0.6) is 0 Å². The van der Waals surface area contributed by atoms with Crippen molar-refractivity contribution in [1.82, 2.24) is 9.80 Å². The molecule has 2 aromatic rings. The summed E-state index contributed by atoms with van der Waals surface area (Å²) in [4.78, 5) is 29.5. The maximum atomic E-state index is 12.9.